The van der Waals surface area contributed by atoms with Gasteiger partial charge in [-0.3, -0.25) is 14.4 Å². The minimum absolute atomic E-state index is 0.0125. The topological polar surface area (TPSA) is 119 Å². The molecule has 0 aromatic heterocycles. The van der Waals surface area contributed by atoms with Crippen molar-refractivity contribution in [2.75, 3.05) is 0 Å². The zero-order chi connectivity index (χ0) is 29.1. The average Bonchev–Trinajstić information content (AvgIpc) is 3.60. The van der Waals surface area contributed by atoms with Gasteiger partial charge in [0.05, 0.1) is 6.04 Å². The quantitative estimate of drug-likeness (QED) is 0.323. The molecule has 1 saturated heterocycles. The molecule has 3 amide bonds. The Bertz CT molecular complexity index is 1430. The normalized spacial score (nSPS) is 20.9. The van der Waals surface area contributed by atoms with Gasteiger partial charge in [-0.05, 0) is 74.3 Å². The number of nitrogens with one attached hydrogen (secondary N) is 2. The maximum atomic E-state index is 14.0. The van der Waals surface area contributed by atoms with Crippen LogP contribution in [0.1, 0.15) is 51.9 Å². The number of hydrogen-bond acceptors (Lipinski definition) is 5. The number of aliphatic hydroxyl groups excluding tert-OH is 1. The molecule has 2 fully saturated rings. The Morgan fingerprint density at radius 1 is 0.951 bits per heavy atom. The second-order valence-electron chi connectivity index (χ2n) is 11.2. The molecule has 2 aliphatic rings. The molecule has 4 N–H and O–H groups in total. The smallest absolute Gasteiger partial charge is 0.254 e. The maximum absolute atomic E-state index is 14.0. The lowest BCUT2D eigenvalue weighted by Crippen LogP contribution is -2.59. The van der Waals surface area contributed by atoms with Crippen molar-refractivity contribution in [2.45, 2.75) is 70.3 Å². The molecule has 1 aliphatic carbocycles. The van der Waals surface area contributed by atoms with E-state index in [0.717, 1.165) is 36.0 Å². The number of phenols is 1. The average molecular weight is 556 g/mol. The van der Waals surface area contributed by atoms with Gasteiger partial charge < -0.3 is 25.7 Å². The fourth-order valence-electron chi connectivity index (χ4n) is 6.29. The molecule has 1 saturated carbocycles. The molecule has 214 valence electrons. The lowest BCUT2D eigenvalue weighted by molar-refractivity contribution is -0.150. The van der Waals surface area contributed by atoms with Gasteiger partial charge in [-0.25, -0.2) is 0 Å². The van der Waals surface area contributed by atoms with E-state index >= 15 is 0 Å². The number of aromatic hydroxyl groups is 1. The Hall–Kier alpha value is -4.17. The number of benzene rings is 3. The summed E-state index contributed by atoms with van der Waals surface area (Å²) < 4.78 is 0. The van der Waals surface area contributed by atoms with Crippen molar-refractivity contribution >= 4 is 17.7 Å². The molecule has 2 bridgehead atoms. The van der Waals surface area contributed by atoms with Crippen molar-refractivity contribution in [3.63, 3.8) is 0 Å². The summed E-state index contributed by atoms with van der Waals surface area (Å²) in [6.45, 7) is 3.99. The van der Waals surface area contributed by atoms with Gasteiger partial charge in [-0.2, -0.15) is 0 Å². The van der Waals surface area contributed by atoms with Crippen LogP contribution in [0, 0.1) is 19.8 Å². The number of fused-ring (bicyclic) bond motifs is 2. The third kappa shape index (κ3) is 5.98. The van der Waals surface area contributed by atoms with E-state index in [1.54, 1.807) is 24.0 Å². The number of likely N-dealkylation sites (tertiary alicyclic amines) is 1. The number of carbonyl (C=O) groups is 3. The number of piperidine rings is 1. The second kappa shape index (κ2) is 12.1. The van der Waals surface area contributed by atoms with Gasteiger partial charge in [0.1, 0.15) is 11.8 Å². The highest BCUT2D eigenvalue weighted by Gasteiger charge is 2.52. The number of phenolic OH excluding ortho intramolecular Hbond substituents is 1. The van der Waals surface area contributed by atoms with Crippen LogP contribution in [-0.4, -0.2) is 57.1 Å². The summed E-state index contributed by atoms with van der Waals surface area (Å²) >= 11 is 0. The molecule has 1 heterocycles. The minimum atomic E-state index is -1.57. The predicted octanol–water partition coefficient (Wildman–Crippen LogP) is 3.41. The third-order valence-corrected chi connectivity index (χ3v) is 8.62. The van der Waals surface area contributed by atoms with Crippen LogP contribution in [0.15, 0.2) is 72.8 Å². The van der Waals surface area contributed by atoms with Crippen molar-refractivity contribution in [1.82, 2.24) is 15.5 Å². The minimum Gasteiger partial charge on any atom is -0.508 e. The molecule has 41 heavy (non-hydrogen) atoms. The van der Waals surface area contributed by atoms with E-state index in [4.69, 9.17) is 0 Å². The van der Waals surface area contributed by atoms with E-state index in [1.165, 1.54) is 6.07 Å². The lowest BCUT2D eigenvalue weighted by Gasteiger charge is -2.37. The van der Waals surface area contributed by atoms with Crippen LogP contribution in [0.25, 0.3) is 0 Å². The Kier molecular flexibility index (Phi) is 8.40. The van der Waals surface area contributed by atoms with Crippen LogP contribution in [0.2, 0.25) is 0 Å². The lowest BCUT2D eigenvalue weighted by atomic mass is 9.95. The standard InChI is InChI=1S/C33H37N3O5/c1-20-9-6-7-12-24(20)19-34-32(40)29-23-15-16-25(18-23)36(29)33(41)30(38)27(17-22-10-4-3-5-11-22)35-31(39)26-13-8-14-28(37)21(26)2/h3-14,23,25,27,29-30,37-38H,15-19H2,1-2H3,(H,34,40)(H,35,39)/t23-,25+,27+,29+,30-/m0/s1. The highest BCUT2D eigenvalue weighted by atomic mass is 16.3. The van der Waals surface area contributed by atoms with Crippen molar-refractivity contribution in [3.8, 4) is 5.75 Å². The summed E-state index contributed by atoms with van der Waals surface area (Å²) in [5.41, 5.74) is 3.59. The molecule has 0 unspecified atom stereocenters. The van der Waals surface area contributed by atoms with Gasteiger partial charge in [0.25, 0.3) is 11.8 Å². The second-order valence-corrected chi connectivity index (χ2v) is 11.2. The van der Waals surface area contributed by atoms with E-state index in [0.29, 0.717) is 12.1 Å². The molecule has 0 spiro atoms. The van der Waals surface area contributed by atoms with E-state index < -0.39 is 30.0 Å². The van der Waals surface area contributed by atoms with E-state index in [2.05, 4.69) is 10.6 Å². The summed E-state index contributed by atoms with van der Waals surface area (Å²) in [6.07, 6.45) is 1.00. The summed E-state index contributed by atoms with van der Waals surface area (Å²) in [5, 5.41) is 27.5. The first-order chi connectivity index (χ1) is 19.7. The van der Waals surface area contributed by atoms with Gasteiger partial charge in [-0.1, -0.05) is 60.7 Å². The van der Waals surface area contributed by atoms with Crippen LogP contribution in [0.3, 0.4) is 0 Å². The molecule has 0 radical (unpaired) electrons. The molecule has 1 aliphatic heterocycles. The molecular formula is C33H37N3O5. The summed E-state index contributed by atoms with van der Waals surface area (Å²) in [4.78, 5) is 42.3. The van der Waals surface area contributed by atoms with Crippen molar-refractivity contribution in [2.24, 2.45) is 5.92 Å². The molecular weight excluding hydrogens is 518 g/mol. The predicted molar refractivity (Wildman–Crippen MR) is 155 cm³/mol. The molecule has 3 aromatic rings. The fourth-order valence-corrected chi connectivity index (χ4v) is 6.29. The molecule has 5 atom stereocenters. The molecule has 8 nitrogen and oxygen atoms in total. The highest BCUT2D eigenvalue weighted by Crippen LogP contribution is 2.43. The van der Waals surface area contributed by atoms with Gasteiger partial charge in [-0.15, -0.1) is 0 Å². The fraction of sp³-hybridized carbons (Fsp3) is 0.364. The first-order valence-electron chi connectivity index (χ1n) is 14.2. The van der Waals surface area contributed by atoms with Crippen LogP contribution in [-0.2, 0) is 22.6 Å². The Labute approximate surface area is 240 Å². The Morgan fingerprint density at radius 2 is 1.68 bits per heavy atom. The number of aryl methyl sites for hydroxylation is 1. The van der Waals surface area contributed by atoms with Gasteiger partial charge in [0.15, 0.2) is 6.10 Å². The Morgan fingerprint density at radius 3 is 2.44 bits per heavy atom. The zero-order valence-electron chi connectivity index (χ0n) is 23.4. The number of nitrogens with zero attached hydrogens (tertiary/aromatic N) is 1. The van der Waals surface area contributed by atoms with Gasteiger partial charge in [0.2, 0.25) is 5.91 Å². The summed E-state index contributed by atoms with van der Waals surface area (Å²) in [6, 6.07) is 20.1. The monoisotopic (exact) mass is 555 g/mol. The Balaban J connectivity index is 1.36. The van der Waals surface area contributed by atoms with Crippen molar-refractivity contribution in [3.05, 3.63) is 101 Å². The zero-order valence-corrected chi connectivity index (χ0v) is 23.4. The summed E-state index contributed by atoms with van der Waals surface area (Å²) in [5.74, 6) is -1.25. The van der Waals surface area contributed by atoms with E-state index in [9.17, 15) is 24.6 Å². The van der Waals surface area contributed by atoms with Crippen LogP contribution < -0.4 is 10.6 Å². The third-order valence-electron chi connectivity index (χ3n) is 8.62. The van der Waals surface area contributed by atoms with E-state index in [1.807, 2.05) is 61.5 Å². The number of rotatable bonds is 9. The number of amides is 3. The van der Waals surface area contributed by atoms with Crippen molar-refractivity contribution < 1.29 is 24.6 Å². The van der Waals surface area contributed by atoms with Gasteiger partial charge >= 0.3 is 0 Å². The first kappa shape index (κ1) is 28.4. The number of carbonyl (C=O) groups excluding carboxylic acids is 3. The van der Waals surface area contributed by atoms with Gasteiger partial charge in [0, 0.05) is 23.7 Å². The largest absolute Gasteiger partial charge is 0.508 e. The van der Waals surface area contributed by atoms with Crippen molar-refractivity contribution in [1.29, 1.82) is 0 Å². The first-order valence-corrected chi connectivity index (χ1v) is 14.2. The number of hydrogen-bond donors (Lipinski definition) is 4. The van der Waals surface area contributed by atoms with Crippen LogP contribution in [0.5, 0.6) is 5.75 Å². The van der Waals surface area contributed by atoms with Crippen LogP contribution >= 0.6 is 0 Å². The summed E-state index contributed by atoms with van der Waals surface area (Å²) in [7, 11) is 0. The van der Waals surface area contributed by atoms with Crippen LogP contribution in [0.4, 0.5) is 0 Å². The maximum Gasteiger partial charge on any atom is 0.254 e. The highest BCUT2D eigenvalue weighted by molar-refractivity contribution is 5.97. The number of aliphatic hydroxyl groups is 1. The SMILES string of the molecule is Cc1ccccc1CNC(=O)[C@H]1[C@H]2CC[C@H](C2)N1C(=O)[C@@H](O)[C@@H](Cc1ccccc1)NC(=O)c1cccc(O)c1C. The molecule has 8 heteroatoms. The van der Waals surface area contributed by atoms with E-state index in [-0.39, 0.29) is 35.6 Å². The molecule has 3 aromatic carbocycles. The molecule has 5 rings (SSSR count).